The molecule has 0 saturated heterocycles. The maximum atomic E-state index is 13.2. The van der Waals surface area contributed by atoms with Gasteiger partial charge in [0.15, 0.2) is 0 Å². The number of nitrogens with zero attached hydrogens (tertiary/aromatic N) is 1. The summed E-state index contributed by atoms with van der Waals surface area (Å²) in [6, 6.07) is 14.9. The molecule has 0 spiro atoms. The molecule has 0 aliphatic carbocycles. The smallest absolute Gasteiger partial charge is 0.221 e. The van der Waals surface area contributed by atoms with E-state index in [1.54, 1.807) is 43.5 Å². The van der Waals surface area contributed by atoms with Gasteiger partial charge in [0.05, 0.1) is 7.11 Å². The summed E-state index contributed by atoms with van der Waals surface area (Å²) in [4.78, 5) is 4.31. The molecular weight excluding hydrogens is 341 g/mol. The largest absolute Gasteiger partial charge is 0.481 e. The van der Waals surface area contributed by atoms with Gasteiger partial charge in [0.25, 0.3) is 0 Å². The van der Waals surface area contributed by atoms with E-state index in [1.807, 2.05) is 12.1 Å². The second-order valence-corrected chi connectivity index (χ2v) is 6.31. The second kappa shape index (κ2) is 6.82. The van der Waals surface area contributed by atoms with Crippen LogP contribution in [0, 0.1) is 5.82 Å². The number of benzene rings is 2. The van der Waals surface area contributed by atoms with Gasteiger partial charge in [0, 0.05) is 22.3 Å². The van der Waals surface area contributed by atoms with Gasteiger partial charge in [-0.25, -0.2) is 9.37 Å². The van der Waals surface area contributed by atoms with Crippen molar-refractivity contribution < 1.29 is 14.2 Å². The van der Waals surface area contributed by atoms with Crippen LogP contribution >= 0.6 is 11.6 Å². The van der Waals surface area contributed by atoms with Crippen molar-refractivity contribution in [2.45, 2.75) is 12.5 Å². The average Bonchev–Trinajstić information content (AvgIpc) is 2.61. The van der Waals surface area contributed by atoms with E-state index in [-0.39, 0.29) is 5.82 Å². The van der Waals surface area contributed by atoms with Crippen molar-refractivity contribution in [1.29, 1.82) is 0 Å². The van der Waals surface area contributed by atoms with E-state index >= 15 is 0 Å². The van der Waals surface area contributed by atoms with Gasteiger partial charge < -0.3 is 9.84 Å². The molecule has 3 aromatic rings. The maximum absolute atomic E-state index is 13.2. The number of methoxy groups -OCH3 is 1. The van der Waals surface area contributed by atoms with Crippen LogP contribution in [-0.4, -0.2) is 17.2 Å². The Morgan fingerprint density at radius 3 is 2.44 bits per heavy atom. The molecule has 128 valence electrons. The zero-order valence-electron chi connectivity index (χ0n) is 13.8. The lowest BCUT2D eigenvalue weighted by Gasteiger charge is -2.25. The molecule has 0 unspecified atom stereocenters. The van der Waals surface area contributed by atoms with Crippen molar-refractivity contribution in [3.8, 4) is 17.0 Å². The number of pyridine rings is 1. The Hall–Kier alpha value is -2.43. The fourth-order valence-corrected chi connectivity index (χ4v) is 2.88. The predicted octanol–water partition coefficient (Wildman–Crippen LogP) is 4.81. The van der Waals surface area contributed by atoms with Crippen LogP contribution in [-0.2, 0) is 5.60 Å². The highest BCUT2D eigenvalue weighted by Gasteiger charge is 2.27. The maximum Gasteiger partial charge on any atom is 0.221 e. The molecule has 3 nitrogen and oxygen atoms in total. The van der Waals surface area contributed by atoms with Crippen molar-refractivity contribution in [3.05, 3.63) is 82.8 Å². The van der Waals surface area contributed by atoms with Gasteiger partial charge in [0.2, 0.25) is 5.88 Å². The lowest BCUT2D eigenvalue weighted by Crippen LogP contribution is -2.23. The predicted molar refractivity (Wildman–Crippen MR) is 96.3 cm³/mol. The summed E-state index contributed by atoms with van der Waals surface area (Å²) in [7, 11) is 1.54. The third kappa shape index (κ3) is 3.50. The van der Waals surface area contributed by atoms with Crippen LogP contribution < -0.4 is 4.74 Å². The number of rotatable bonds is 4. The van der Waals surface area contributed by atoms with Crippen molar-refractivity contribution in [2.75, 3.05) is 7.11 Å². The average molecular weight is 358 g/mol. The van der Waals surface area contributed by atoms with Crippen LogP contribution in [0.15, 0.2) is 60.8 Å². The van der Waals surface area contributed by atoms with E-state index in [0.717, 1.165) is 5.56 Å². The van der Waals surface area contributed by atoms with Crippen LogP contribution in [0.5, 0.6) is 5.88 Å². The molecule has 1 heterocycles. The third-order valence-electron chi connectivity index (χ3n) is 4.15. The van der Waals surface area contributed by atoms with Crippen LogP contribution in [0.3, 0.4) is 0 Å². The van der Waals surface area contributed by atoms with Gasteiger partial charge in [0.1, 0.15) is 11.4 Å². The van der Waals surface area contributed by atoms with Crippen LogP contribution in [0.25, 0.3) is 11.1 Å². The molecule has 0 aliphatic rings. The van der Waals surface area contributed by atoms with Gasteiger partial charge in [-0.2, -0.15) is 0 Å². The monoisotopic (exact) mass is 357 g/mol. The summed E-state index contributed by atoms with van der Waals surface area (Å²) in [5.41, 5.74) is 1.34. The summed E-state index contributed by atoms with van der Waals surface area (Å²) in [5.74, 6) is 0.0768. The van der Waals surface area contributed by atoms with Crippen molar-refractivity contribution in [1.82, 2.24) is 4.98 Å². The minimum Gasteiger partial charge on any atom is -0.481 e. The minimum atomic E-state index is -1.33. The number of aromatic nitrogens is 1. The van der Waals surface area contributed by atoms with E-state index in [1.165, 1.54) is 19.2 Å². The standard InChI is InChI=1S/C20H17ClFNO2/c1-20(24,14-6-8-17(22)9-7-14)15-11-18(19(25-2)23-12-15)13-4-3-5-16(21)10-13/h3-12,24H,1-2H3/t20-/m1/s1. The first-order valence-electron chi connectivity index (χ1n) is 7.70. The Labute approximate surface area is 150 Å². The Morgan fingerprint density at radius 1 is 1.08 bits per heavy atom. The summed E-state index contributed by atoms with van der Waals surface area (Å²) in [6.45, 7) is 1.64. The highest BCUT2D eigenvalue weighted by Crippen LogP contribution is 2.35. The number of aliphatic hydroxyl groups is 1. The highest BCUT2D eigenvalue weighted by molar-refractivity contribution is 6.30. The molecule has 0 aliphatic heterocycles. The van der Waals surface area contributed by atoms with E-state index in [2.05, 4.69) is 4.98 Å². The zero-order valence-corrected chi connectivity index (χ0v) is 14.6. The Balaban J connectivity index is 2.11. The lowest BCUT2D eigenvalue weighted by molar-refractivity contribution is 0.102. The van der Waals surface area contributed by atoms with E-state index in [4.69, 9.17) is 16.3 Å². The molecule has 1 aromatic heterocycles. The van der Waals surface area contributed by atoms with Crippen LogP contribution in [0.4, 0.5) is 4.39 Å². The topological polar surface area (TPSA) is 42.4 Å². The molecule has 1 atom stereocenters. The SMILES string of the molecule is COc1ncc([C@](C)(O)c2ccc(F)cc2)cc1-c1cccc(Cl)c1. The highest BCUT2D eigenvalue weighted by atomic mass is 35.5. The number of ether oxygens (including phenoxy) is 1. The summed E-state index contributed by atoms with van der Waals surface area (Å²) in [6.07, 6.45) is 1.55. The van der Waals surface area contributed by atoms with Crippen molar-refractivity contribution in [3.63, 3.8) is 0 Å². The second-order valence-electron chi connectivity index (χ2n) is 5.87. The van der Waals surface area contributed by atoms with Crippen molar-refractivity contribution in [2.24, 2.45) is 0 Å². The zero-order chi connectivity index (χ0) is 18.0. The molecule has 5 heteroatoms. The fourth-order valence-electron chi connectivity index (χ4n) is 2.69. The molecule has 0 bridgehead atoms. The Kier molecular flexibility index (Phi) is 4.75. The normalized spacial score (nSPS) is 13.3. The first kappa shape index (κ1) is 17.4. The first-order valence-corrected chi connectivity index (χ1v) is 8.08. The molecule has 25 heavy (non-hydrogen) atoms. The molecule has 0 fully saturated rings. The minimum absolute atomic E-state index is 0.355. The van der Waals surface area contributed by atoms with Crippen LogP contribution in [0.1, 0.15) is 18.1 Å². The van der Waals surface area contributed by atoms with Gasteiger partial charge in [-0.1, -0.05) is 35.9 Å². The van der Waals surface area contributed by atoms with Crippen LogP contribution in [0.2, 0.25) is 5.02 Å². The first-order chi connectivity index (χ1) is 11.9. The molecule has 2 aromatic carbocycles. The Morgan fingerprint density at radius 2 is 1.80 bits per heavy atom. The number of hydrogen-bond acceptors (Lipinski definition) is 3. The lowest BCUT2D eigenvalue weighted by atomic mass is 9.88. The van der Waals surface area contributed by atoms with Gasteiger partial charge in [-0.3, -0.25) is 0 Å². The van der Waals surface area contributed by atoms with Crippen molar-refractivity contribution >= 4 is 11.6 Å². The quantitative estimate of drug-likeness (QED) is 0.729. The van der Waals surface area contributed by atoms with Gasteiger partial charge in [-0.05, 0) is 48.4 Å². The summed E-state index contributed by atoms with van der Waals surface area (Å²) >= 11 is 6.08. The van der Waals surface area contributed by atoms with E-state index < -0.39 is 5.60 Å². The van der Waals surface area contributed by atoms with E-state index in [0.29, 0.717) is 27.6 Å². The molecule has 0 amide bonds. The molecular formula is C20H17ClFNO2. The fraction of sp³-hybridized carbons (Fsp3) is 0.150. The van der Waals surface area contributed by atoms with E-state index in [9.17, 15) is 9.50 Å². The molecule has 3 rings (SSSR count). The molecule has 0 saturated carbocycles. The van der Waals surface area contributed by atoms with Gasteiger partial charge >= 0.3 is 0 Å². The number of hydrogen-bond donors (Lipinski definition) is 1. The number of halogens is 2. The van der Waals surface area contributed by atoms with Gasteiger partial charge in [-0.15, -0.1) is 0 Å². The summed E-state index contributed by atoms with van der Waals surface area (Å²) in [5, 5.41) is 11.6. The molecule has 0 radical (unpaired) electrons. The Bertz CT molecular complexity index is 894. The molecule has 1 N–H and O–H groups in total. The third-order valence-corrected chi connectivity index (χ3v) is 4.38. The summed E-state index contributed by atoms with van der Waals surface area (Å²) < 4.78 is 18.5.